The molecule has 128 valence electrons. The van der Waals surface area contributed by atoms with Gasteiger partial charge in [0.1, 0.15) is 17.4 Å². The van der Waals surface area contributed by atoms with Crippen molar-refractivity contribution in [1.82, 2.24) is 14.8 Å². The van der Waals surface area contributed by atoms with E-state index in [9.17, 15) is 4.79 Å². The topological polar surface area (TPSA) is 69.0 Å². The molecule has 1 heterocycles. The molecular weight excluding hydrogens is 316 g/mol. The Balaban J connectivity index is 1.75. The number of benzene rings is 2. The standard InChI is InChI=1S/C19H20N4O2/c1-4-25-18-7-5-6-16(12-18)21-19(24)15-8-10-17(11-9-15)23-14(3)20-13(2)22-23/h5-12H,4H2,1-3H3,(H,21,24). The van der Waals surface area contributed by atoms with Gasteiger partial charge in [-0.25, -0.2) is 9.67 Å². The van der Waals surface area contributed by atoms with Crippen LogP contribution in [-0.4, -0.2) is 27.3 Å². The summed E-state index contributed by atoms with van der Waals surface area (Å²) >= 11 is 0. The molecule has 1 aromatic heterocycles. The summed E-state index contributed by atoms with van der Waals surface area (Å²) in [6.45, 7) is 6.25. The van der Waals surface area contributed by atoms with Gasteiger partial charge in [0.15, 0.2) is 0 Å². The number of hydrogen-bond donors (Lipinski definition) is 1. The van der Waals surface area contributed by atoms with Crippen molar-refractivity contribution in [2.45, 2.75) is 20.8 Å². The monoisotopic (exact) mass is 336 g/mol. The van der Waals surface area contributed by atoms with Crippen LogP contribution < -0.4 is 10.1 Å². The van der Waals surface area contributed by atoms with Crippen LogP contribution >= 0.6 is 0 Å². The van der Waals surface area contributed by atoms with Gasteiger partial charge < -0.3 is 10.1 Å². The Hall–Kier alpha value is -3.15. The average Bonchev–Trinajstić information content (AvgIpc) is 2.94. The predicted molar refractivity (Wildman–Crippen MR) is 96.4 cm³/mol. The fourth-order valence-corrected chi connectivity index (χ4v) is 2.55. The number of carbonyl (C=O) groups excluding carboxylic acids is 1. The normalized spacial score (nSPS) is 10.5. The van der Waals surface area contributed by atoms with Crippen LogP contribution in [0.4, 0.5) is 5.69 Å². The first-order valence-electron chi connectivity index (χ1n) is 8.11. The van der Waals surface area contributed by atoms with Crippen LogP contribution in [0.2, 0.25) is 0 Å². The van der Waals surface area contributed by atoms with E-state index in [4.69, 9.17) is 4.74 Å². The summed E-state index contributed by atoms with van der Waals surface area (Å²) in [5.74, 6) is 2.08. The molecule has 6 heteroatoms. The average molecular weight is 336 g/mol. The molecule has 1 N–H and O–H groups in total. The van der Waals surface area contributed by atoms with Gasteiger partial charge in [-0.05, 0) is 57.2 Å². The number of nitrogens with one attached hydrogen (secondary N) is 1. The Morgan fingerprint density at radius 3 is 2.56 bits per heavy atom. The Bertz CT molecular complexity index is 885. The molecule has 6 nitrogen and oxygen atoms in total. The van der Waals surface area contributed by atoms with E-state index in [0.29, 0.717) is 23.7 Å². The van der Waals surface area contributed by atoms with Crippen molar-refractivity contribution in [3.63, 3.8) is 0 Å². The van der Waals surface area contributed by atoms with Gasteiger partial charge in [0.05, 0.1) is 12.3 Å². The third-order valence-electron chi connectivity index (χ3n) is 3.65. The van der Waals surface area contributed by atoms with E-state index in [-0.39, 0.29) is 5.91 Å². The Kier molecular flexibility index (Phi) is 4.79. The van der Waals surface area contributed by atoms with Crippen LogP contribution in [-0.2, 0) is 0 Å². The Labute approximate surface area is 146 Å². The fourth-order valence-electron chi connectivity index (χ4n) is 2.55. The summed E-state index contributed by atoms with van der Waals surface area (Å²) in [4.78, 5) is 16.7. The first kappa shape index (κ1) is 16.7. The second kappa shape index (κ2) is 7.17. The van der Waals surface area contributed by atoms with Crippen molar-refractivity contribution >= 4 is 11.6 Å². The van der Waals surface area contributed by atoms with Gasteiger partial charge in [-0.1, -0.05) is 6.07 Å². The molecule has 0 atom stereocenters. The zero-order valence-corrected chi connectivity index (χ0v) is 14.5. The van der Waals surface area contributed by atoms with Crippen molar-refractivity contribution < 1.29 is 9.53 Å². The van der Waals surface area contributed by atoms with Crippen molar-refractivity contribution in [3.8, 4) is 11.4 Å². The lowest BCUT2D eigenvalue weighted by molar-refractivity contribution is 0.102. The molecule has 0 aliphatic carbocycles. The Morgan fingerprint density at radius 1 is 1.16 bits per heavy atom. The third-order valence-corrected chi connectivity index (χ3v) is 3.65. The molecule has 0 radical (unpaired) electrons. The van der Waals surface area contributed by atoms with E-state index in [1.54, 1.807) is 22.9 Å². The number of ether oxygens (including phenoxy) is 1. The highest BCUT2D eigenvalue weighted by molar-refractivity contribution is 6.04. The van der Waals surface area contributed by atoms with Crippen molar-refractivity contribution in [2.24, 2.45) is 0 Å². The fraction of sp³-hybridized carbons (Fsp3) is 0.211. The maximum Gasteiger partial charge on any atom is 0.255 e. The molecule has 0 aliphatic heterocycles. The van der Waals surface area contributed by atoms with Gasteiger partial charge in [0, 0.05) is 17.3 Å². The minimum Gasteiger partial charge on any atom is -0.494 e. The molecule has 0 bridgehead atoms. The summed E-state index contributed by atoms with van der Waals surface area (Å²) in [5, 5.41) is 7.22. The number of amides is 1. The Morgan fingerprint density at radius 2 is 1.92 bits per heavy atom. The number of carbonyl (C=O) groups is 1. The number of rotatable bonds is 5. The third kappa shape index (κ3) is 3.85. The van der Waals surface area contributed by atoms with E-state index in [1.807, 2.05) is 51.1 Å². The molecule has 3 rings (SSSR count). The van der Waals surface area contributed by atoms with Gasteiger partial charge in [0.2, 0.25) is 0 Å². The minimum atomic E-state index is -0.174. The number of aromatic nitrogens is 3. The lowest BCUT2D eigenvalue weighted by Crippen LogP contribution is -2.12. The van der Waals surface area contributed by atoms with Crippen molar-refractivity contribution in [3.05, 3.63) is 65.7 Å². The molecule has 0 unspecified atom stereocenters. The van der Waals surface area contributed by atoms with E-state index in [2.05, 4.69) is 15.4 Å². The van der Waals surface area contributed by atoms with E-state index in [0.717, 1.165) is 17.3 Å². The van der Waals surface area contributed by atoms with Gasteiger partial charge in [0.25, 0.3) is 5.91 Å². The second-order valence-corrected chi connectivity index (χ2v) is 5.58. The summed E-state index contributed by atoms with van der Waals surface area (Å²) in [7, 11) is 0. The summed E-state index contributed by atoms with van der Waals surface area (Å²) in [5.41, 5.74) is 2.14. The lowest BCUT2D eigenvalue weighted by Gasteiger charge is -2.09. The molecule has 1 amide bonds. The first-order chi connectivity index (χ1) is 12.1. The molecule has 0 aliphatic rings. The number of aryl methyl sites for hydroxylation is 2. The first-order valence-corrected chi connectivity index (χ1v) is 8.11. The quantitative estimate of drug-likeness (QED) is 0.774. The summed E-state index contributed by atoms with van der Waals surface area (Å²) < 4.78 is 7.20. The lowest BCUT2D eigenvalue weighted by atomic mass is 10.2. The van der Waals surface area contributed by atoms with Crippen LogP contribution in [0.25, 0.3) is 5.69 Å². The van der Waals surface area contributed by atoms with E-state index < -0.39 is 0 Å². The molecule has 0 fully saturated rings. The maximum atomic E-state index is 12.4. The van der Waals surface area contributed by atoms with Crippen LogP contribution in [0.5, 0.6) is 5.75 Å². The number of nitrogens with zero attached hydrogens (tertiary/aromatic N) is 3. The van der Waals surface area contributed by atoms with Gasteiger partial charge >= 0.3 is 0 Å². The van der Waals surface area contributed by atoms with E-state index >= 15 is 0 Å². The van der Waals surface area contributed by atoms with Crippen molar-refractivity contribution in [1.29, 1.82) is 0 Å². The largest absolute Gasteiger partial charge is 0.494 e. The van der Waals surface area contributed by atoms with Crippen LogP contribution in [0.3, 0.4) is 0 Å². The number of hydrogen-bond acceptors (Lipinski definition) is 4. The SMILES string of the molecule is CCOc1cccc(NC(=O)c2ccc(-n3nc(C)nc3C)cc2)c1. The molecule has 0 spiro atoms. The van der Waals surface area contributed by atoms with Gasteiger partial charge in [-0.3, -0.25) is 4.79 Å². The van der Waals surface area contributed by atoms with Crippen LogP contribution in [0.15, 0.2) is 48.5 Å². The molecule has 0 saturated heterocycles. The van der Waals surface area contributed by atoms with Gasteiger partial charge in [-0.2, -0.15) is 5.10 Å². The van der Waals surface area contributed by atoms with Crippen LogP contribution in [0, 0.1) is 13.8 Å². The summed E-state index contributed by atoms with van der Waals surface area (Å²) in [6, 6.07) is 14.6. The minimum absolute atomic E-state index is 0.174. The molecular formula is C19H20N4O2. The zero-order chi connectivity index (χ0) is 17.8. The predicted octanol–water partition coefficient (Wildman–Crippen LogP) is 3.54. The molecule has 3 aromatic rings. The highest BCUT2D eigenvalue weighted by Gasteiger charge is 2.09. The zero-order valence-electron chi connectivity index (χ0n) is 14.5. The highest BCUT2D eigenvalue weighted by Crippen LogP contribution is 2.18. The summed E-state index contributed by atoms with van der Waals surface area (Å²) in [6.07, 6.45) is 0. The maximum absolute atomic E-state index is 12.4. The molecule has 25 heavy (non-hydrogen) atoms. The highest BCUT2D eigenvalue weighted by atomic mass is 16.5. The van der Waals surface area contributed by atoms with E-state index in [1.165, 1.54) is 0 Å². The molecule has 0 saturated carbocycles. The molecule has 2 aromatic carbocycles. The van der Waals surface area contributed by atoms with Crippen molar-refractivity contribution in [2.75, 3.05) is 11.9 Å². The van der Waals surface area contributed by atoms with Gasteiger partial charge in [-0.15, -0.1) is 0 Å². The second-order valence-electron chi connectivity index (χ2n) is 5.58. The number of anilines is 1. The smallest absolute Gasteiger partial charge is 0.255 e. The van der Waals surface area contributed by atoms with Crippen LogP contribution in [0.1, 0.15) is 28.9 Å².